The lowest BCUT2D eigenvalue weighted by atomic mass is 10.1. The van der Waals surface area contributed by atoms with Crippen LogP contribution in [0.3, 0.4) is 0 Å². The van der Waals surface area contributed by atoms with Crippen molar-refractivity contribution in [1.82, 2.24) is 9.97 Å². The van der Waals surface area contributed by atoms with Gasteiger partial charge in [0.2, 0.25) is 5.75 Å². The molecule has 1 heterocycles. The lowest BCUT2D eigenvalue weighted by Crippen LogP contribution is -2.24. The Bertz CT molecular complexity index is 605. The second-order valence-electron chi connectivity index (χ2n) is 4.42. The van der Waals surface area contributed by atoms with Crippen molar-refractivity contribution in [3.63, 3.8) is 0 Å². The topological polar surface area (TPSA) is 64.3 Å². The highest BCUT2D eigenvalue weighted by molar-refractivity contribution is 5.63. The fourth-order valence-corrected chi connectivity index (χ4v) is 2.03. The van der Waals surface area contributed by atoms with Crippen molar-refractivity contribution in [1.29, 1.82) is 0 Å². The van der Waals surface area contributed by atoms with Crippen LogP contribution in [0.25, 0.3) is 0 Å². The molecule has 0 saturated heterocycles. The van der Waals surface area contributed by atoms with E-state index in [1.165, 1.54) is 19.5 Å². The quantitative estimate of drug-likeness (QED) is 0.929. The highest BCUT2D eigenvalue weighted by Gasteiger charge is 2.21. The molecule has 0 aliphatic carbocycles. The minimum Gasteiger partial charge on any atom is -0.490 e. The van der Waals surface area contributed by atoms with E-state index < -0.39 is 0 Å². The molecule has 2 N–H and O–H groups in total. The van der Waals surface area contributed by atoms with Crippen LogP contribution < -0.4 is 15.4 Å². The van der Waals surface area contributed by atoms with Crippen molar-refractivity contribution in [2.45, 2.75) is 13.0 Å². The van der Waals surface area contributed by atoms with Crippen molar-refractivity contribution in [2.75, 3.05) is 24.8 Å². The standard InChI is InChI=1S/C14H17FN4O/c1-9(10-6-4-5-7-11(10)15)19(2)14-12(20-3)13(16)17-8-18-14/h4-9H,1-3H3,(H2,16,17,18). The van der Waals surface area contributed by atoms with Gasteiger partial charge in [-0.05, 0) is 13.0 Å². The molecule has 1 unspecified atom stereocenters. The van der Waals surface area contributed by atoms with E-state index in [-0.39, 0.29) is 17.7 Å². The van der Waals surface area contributed by atoms with E-state index in [2.05, 4.69) is 9.97 Å². The van der Waals surface area contributed by atoms with Crippen LogP contribution in [0.2, 0.25) is 0 Å². The molecular weight excluding hydrogens is 259 g/mol. The van der Waals surface area contributed by atoms with E-state index in [0.29, 0.717) is 17.1 Å². The van der Waals surface area contributed by atoms with E-state index in [9.17, 15) is 4.39 Å². The van der Waals surface area contributed by atoms with E-state index in [1.54, 1.807) is 30.1 Å². The van der Waals surface area contributed by atoms with Crippen LogP contribution in [-0.2, 0) is 0 Å². The Labute approximate surface area is 117 Å². The predicted molar refractivity (Wildman–Crippen MR) is 76.2 cm³/mol. The Morgan fingerprint density at radius 2 is 2.00 bits per heavy atom. The van der Waals surface area contributed by atoms with Crippen molar-refractivity contribution in [3.8, 4) is 5.75 Å². The summed E-state index contributed by atoms with van der Waals surface area (Å²) >= 11 is 0. The summed E-state index contributed by atoms with van der Waals surface area (Å²) < 4.78 is 19.1. The number of benzene rings is 1. The third-order valence-corrected chi connectivity index (χ3v) is 3.29. The van der Waals surface area contributed by atoms with E-state index in [0.717, 1.165) is 0 Å². The Kier molecular flexibility index (Phi) is 4.02. The maximum absolute atomic E-state index is 13.9. The van der Waals surface area contributed by atoms with Gasteiger partial charge in [-0.15, -0.1) is 0 Å². The molecule has 0 bridgehead atoms. The number of anilines is 2. The molecule has 0 aliphatic rings. The Morgan fingerprint density at radius 1 is 1.30 bits per heavy atom. The molecule has 1 atom stereocenters. The van der Waals surface area contributed by atoms with Crippen molar-refractivity contribution >= 4 is 11.6 Å². The summed E-state index contributed by atoms with van der Waals surface area (Å²) in [5.74, 6) is 0.909. The van der Waals surface area contributed by atoms with Crippen LogP contribution >= 0.6 is 0 Å². The smallest absolute Gasteiger partial charge is 0.204 e. The number of halogens is 1. The van der Waals surface area contributed by atoms with E-state index in [1.807, 2.05) is 6.92 Å². The number of rotatable bonds is 4. The highest BCUT2D eigenvalue weighted by atomic mass is 19.1. The number of nitrogens with two attached hydrogens (primary N) is 1. The second kappa shape index (κ2) is 5.73. The second-order valence-corrected chi connectivity index (χ2v) is 4.42. The molecule has 0 saturated carbocycles. The van der Waals surface area contributed by atoms with Gasteiger partial charge in [0, 0.05) is 12.6 Å². The maximum Gasteiger partial charge on any atom is 0.204 e. The number of nitrogens with zero attached hydrogens (tertiary/aromatic N) is 3. The van der Waals surface area contributed by atoms with Gasteiger partial charge in [-0.25, -0.2) is 14.4 Å². The van der Waals surface area contributed by atoms with Crippen molar-refractivity contribution in [2.24, 2.45) is 0 Å². The van der Waals surface area contributed by atoms with Gasteiger partial charge in [0.15, 0.2) is 11.6 Å². The van der Waals surface area contributed by atoms with E-state index >= 15 is 0 Å². The molecule has 0 spiro atoms. The lowest BCUT2D eigenvalue weighted by Gasteiger charge is -2.27. The van der Waals surface area contributed by atoms with Crippen molar-refractivity contribution in [3.05, 3.63) is 42.0 Å². The van der Waals surface area contributed by atoms with Gasteiger partial charge in [-0.3, -0.25) is 0 Å². The summed E-state index contributed by atoms with van der Waals surface area (Å²) in [5.41, 5.74) is 6.34. The van der Waals surface area contributed by atoms with Crippen LogP contribution in [0, 0.1) is 5.82 Å². The van der Waals surface area contributed by atoms with Gasteiger partial charge in [-0.1, -0.05) is 18.2 Å². The zero-order chi connectivity index (χ0) is 14.7. The summed E-state index contributed by atoms with van der Waals surface area (Å²) in [6.45, 7) is 1.89. The van der Waals surface area contributed by atoms with Gasteiger partial charge in [0.1, 0.15) is 12.1 Å². The molecule has 1 aromatic carbocycles. The first kappa shape index (κ1) is 14.0. The normalized spacial score (nSPS) is 12.0. The molecule has 0 radical (unpaired) electrons. The lowest BCUT2D eigenvalue weighted by molar-refractivity contribution is 0.412. The average Bonchev–Trinajstić information content (AvgIpc) is 2.46. The zero-order valence-electron chi connectivity index (χ0n) is 11.7. The van der Waals surface area contributed by atoms with Crippen LogP contribution in [0.1, 0.15) is 18.5 Å². The summed E-state index contributed by atoms with van der Waals surface area (Å²) in [6.07, 6.45) is 1.36. The van der Waals surface area contributed by atoms with Crippen LogP contribution in [0.4, 0.5) is 16.0 Å². The summed E-state index contributed by atoms with van der Waals surface area (Å²) in [4.78, 5) is 9.86. The number of aromatic nitrogens is 2. The number of hydrogen-bond acceptors (Lipinski definition) is 5. The SMILES string of the molecule is COc1c(N)ncnc1N(C)C(C)c1ccccc1F. The van der Waals surface area contributed by atoms with Crippen LogP contribution in [0.15, 0.2) is 30.6 Å². The minimum absolute atomic E-state index is 0.223. The maximum atomic E-state index is 13.9. The fourth-order valence-electron chi connectivity index (χ4n) is 2.03. The highest BCUT2D eigenvalue weighted by Crippen LogP contribution is 2.34. The Hall–Kier alpha value is -2.37. The third kappa shape index (κ3) is 2.49. The minimum atomic E-state index is -0.257. The molecule has 0 fully saturated rings. The predicted octanol–water partition coefficient (Wildman–Crippen LogP) is 2.40. The molecular formula is C14H17FN4O. The van der Waals surface area contributed by atoms with Crippen LogP contribution in [0.5, 0.6) is 5.75 Å². The number of nitrogen functional groups attached to an aromatic ring is 1. The Balaban J connectivity index is 2.39. The summed E-state index contributed by atoms with van der Waals surface area (Å²) in [5, 5.41) is 0. The monoisotopic (exact) mass is 276 g/mol. The molecule has 2 rings (SSSR count). The molecule has 6 heteroatoms. The molecule has 0 aliphatic heterocycles. The molecule has 1 aromatic heterocycles. The molecule has 2 aromatic rings. The zero-order valence-corrected chi connectivity index (χ0v) is 11.7. The van der Waals surface area contributed by atoms with Gasteiger partial charge in [0.05, 0.1) is 13.2 Å². The van der Waals surface area contributed by atoms with Crippen LogP contribution in [-0.4, -0.2) is 24.1 Å². The first-order valence-electron chi connectivity index (χ1n) is 6.18. The molecule has 20 heavy (non-hydrogen) atoms. The number of methoxy groups -OCH3 is 1. The van der Waals surface area contributed by atoms with E-state index in [4.69, 9.17) is 10.5 Å². The van der Waals surface area contributed by atoms with Gasteiger partial charge in [0.25, 0.3) is 0 Å². The fraction of sp³-hybridized carbons (Fsp3) is 0.286. The largest absolute Gasteiger partial charge is 0.490 e. The Morgan fingerprint density at radius 3 is 2.65 bits per heavy atom. The van der Waals surface area contributed by atoms with Gasteiger partial charge >= 0.3 is 0 Å². The van der Waals surface area contributed by atoms with Crippen molar-refractivity contribution < 1.29 is 9.13 Å². The third-order valence-electron chi connectivity index (χ3n) is 3.29. The number of hydrogen-bond donors (Lipinski definition) is 1. The first-order valence-corrected chi connectivity index (χ1v) is 6.18. The molecule has 106 valence electrons. The molecule has 5 nitrogen and oxygen atoms in total. The summed E-state index contributed by atoms with van der Waals surface area (Å²) in [6, 6.07) is 6.42. The molecule has 0 amide bonds. The average molecular weight is 276 g/mol. The van der Waals surface area contributed by atoms with Gasteiger partial charge in [-0.2, -0.15) is 0 Å². The first-order chi connectivity index (χ1) is 9.56. The summed E-state index contributed by atoms with van der Waals surface area (Å²) in [7, 11) is 3.31. The van der Waals surface area contributed by atoms with Gasteiger partial charge < -0.3 is 15.4 Å². The number of ether oxygens (including phenoxy) is 1.